The molecular weight excluding hydrogens is 170 g/mol. The first-order valence-corrected chi connectivity index (χ1v) is 4.66. The number of ether oxygens (including phenoxy) is 1. The molecule has 1 atom stereocenters. The normalized spacial score (nSPS) is 20.8. The van der Waals surface area contributed by atoms with Crippen LogP contribution in [0.15, 0.2) is 0 Å². The zero-order chi connectivity index (χ0) is 9.90. The molecule has 1 fully saturated rings. The Balaban J connectivity index is 2.15. The van der Waals surface area contributed by atoms with Gasteiger partial charge in [-0.15, -0.1) is 0 Å². The number of hydrogen-bond donors (Lipinski definition) is 2. The Hall–Kier alpha value is -0.610. The van der Waals surface area contributed by atoms with E-state index in [0.717, 1.165) is 12.3 Å². The van der Waals surface area contributed by atoms with Crippen molar-refractivity contribution >= 4 is 5.97 Å². The van der Waals surface area contributed by atoms with Gasteiger partial charge in [0.1, 0.15) is 0 Å². The third kappa shape index (κ3) is 3.32. The summed E-state index contributed by atoms with van der Waals surface area (Å²) in [5.41, 5.74) is 3.68. The summed E-state index contributed by atoms with van der Waals surface area (Å²) >= 11 is 0. The maximum atomic E-state index is 11.1. The molecule has 4 nitrogen and oxygen atoms in total. The Morgan fingerprint density at radius 3 is 2.77 bits per heavy atom. The standard InChI is InChI=1S/C9H17NO3/c1-9(12,6-10)8(11)13-5-4-7-2-3-7/h7,12H,2-6,10H2,1H3. The van der Waals surface area contributed by atoms with Crippen LogP contribution in [0.3, 0.4) is 0 Å². The highest BCUT2D eigenvalue weighted by Gasteiger charge is 2.30. The van der Waals surface area contributed by atoms with Gasteiger partial charge in [0.15, 0.2) is 5.60 Å². The molecule has 1 unspecified atom stereocenters. The smallest absolute Gasteiger partial charge is 0.339 e. The molecule has 0 radical (unpaired) electrons. The highest BCUT2D eigenvalue weighted by atomic mass is 16.5. The van der Waals surface area contributed by atoms with E-state index in [1.807, 2.05) is 0 Å². The fourth-order valence-electron chi connectivity index (χ4n) is 0.964. The molecule has 0 spiro atoms. The molecule has 0 aromatic carbocycles. The van der Waals surface area contributed by atoms with Crippen LogP contribution in [-0.4, -0.2) is 29.8 Å². The van der Waals surface area contributed by atoms with Crippen molar-refractivity contribution in [1.29, 1.82) is 0 Å². The van der Waals surface area contributed by atoms with Crippen molar-refractivity contribution in [1.82, 2.24) is 0 Å². The van der Waals surface area contributed by atoms with E-state index >= 15 is 0 Å². The fraction of sp³-hybridized carbons (Fsp3) is 0.889. The van der Waals surface area contributed by atoms with Crippen LogP contribution in [0.25, 0.3) is 0 Å². The summed E-state index contributed by atoms with van der Waals surface area (Å²) in [5, 5.41) is 9.37. The van der Waals surface area contributed by atoms with Gasteiger partial charge in [-0.25, -0.2) is 4.79 Å². The zero-order valence-electron chi connectivity index (χ0n) is 7.95. The van der Waals surface area contributed by atoms with Gasteiger partial charge in [0.05, 0.1) is 6.61 Å². The number of nitrogens with two attached hydrogens (primary N) is 1. The van der Waals surface area contributed by atoms with Crippen molar-refractivity contribution in [3.63, 3.8) is 0 Å². The summed E-state index contributed by atoms with van der Waals surface area (Å²) in [4.78, 5) is 11.1. The molecule has 0 amide bonds. The molecular formula is C9H17NO3. The van der Waals surface area contributed by atoms with Crippen molar-refractivity contribution < 1.29 is 14.6 Å². The highest BCUT2D eigenvalue weighted by molar-refractivity contribution is 5.78. The number of rotatable bonds is 5. The lowest BCUT2D eigenvalue weighted by molar-refractivity contribution is -0.162. The lowest BCUT2D eigenvalue weighted by Gasteiger charge is -2.18. The first kappa shape index (κ1) is 10.5. The van der Waals surface area contributed by atoms with Gasteiger partial charge in [0.25, 0.3) is 0 Å². The molecule has 1 rings (SSSR count). The van der Waals surface area contributed by atoms with Crippen LogP contribution >= 0.6 is 0 Å². The van der Waals surface area contributed by atoms with Crippen LogP contribution in [-0.2, 0) is 9.53 Å². The maximum Gasteiger partial charge on any atom is 0.339 e. The van der Waals surface area contributed by atoms with Gasteiger partial charge in [-0.1, -0.05) is 12.8 Å². The van der Waals surface area contributed by atoms with Gasteiger partial charge in [-0.3, -0.25) is 0 Å². The Labute approximate surface area is 78.1 Å². The van der Waals surface area contributed by atoms with Crippen molar-refractivity contribution in [3.05, 3.63) is 0 Å². The van der Waals surface area contributed by atoms with Gasteiger partial charge in [0.2, 0.25) is 0 Å². The zero-order valence-corrected chi connectivity index (χ0v) is 7.95. The van der Waals surface area contributed by atoms with Gasteiger partial charge in [0, 0.05) is 6.54 Å². The number of hydrogen-bond acceptors (Lipinski definition) is 4. The SMILES string of the molecule is CC(O)(CN)C(=O)OCCC1CC1. The molecule has 13 heavy (non-hydrogen) atoms. The van der Waals surface area contributed by atoms with Crippen LogP contribution in [0.5, 0.6) is 0 Å². The number of aliphatic hydroxyl groups is 1. The van der Waals surface area contributed by atoms with E-state index in [2.05, 4.69) is 0 Å². The second kappa shape index (κ2) is 4.07. The van der Waals surface area contributed by atoms with E-state index in [9.17, 15) is 9.90 Å². The molecule has 4 heteroatoms. The lowest BCUT2D eigenvalue weighted by atomic mass is 10.1. The second-order valence-corrected chi connectivity index (χ2v) is 3.85. The Kier molecular flexibility index (Phi) is 3.27. The quantitative estimate of drug-likeness (QED) is 0.596. The minimum atomic E-state index is -1.52. The average Bonchev–Trinajstić information content (AvgIpc) is 2.88. The predicted molar refractivity (Wildman–Crippen MR) is 48.0 cm³/mol. The van der Waals surface area contributed by atoms with E-state index in [1.54, 1.807) is 0 Å². The molecule has 0 aromatic rings. The van der Waals surface area contributed by atoms with E-state index in [4.69, 9.17) is 10.5 Å². The van der Waals surface area contributed by atoms with Crippen LogP contribution in [0.2, 0.25) is 0 Å². The Morgan fingerprint density at radius 2 is 2.31 bits per heavy atom. The fourth-order valence-corrected chi connectivity index (χ4v) is 0.964. The average molecular weight is 187 g/mol. The van der Waals surface area contributed by atoms with Crippen LogP contribution < -0.4 is 5.73 Å². The number of carbonyl (C=O) groups is 1. The predicted octanol–water partition coefficient (Wildman–Crippen LogP) is 0.0394. The van der Waals surface area contributed by atoms with Crippen LogP contribution in [0.1, 0.15) is 26.2 Å². The lowest BCUT2D eigenvalue weighted by Crippen LogP contribution is -2.44. The molecule has 0 bridgehead atoms. The topological polar surface area (TPSA) is 72.5 Å². The molecule has 1 aliphatic rings. The molecule has 3 N–H and O–H groups in total. The molecule has 1 aliphatic carbocycles. The van der Waals surface area contributed by atoms with Gasteiger partial charge in [-0.05, 0) is 19.3 Å². The van der Waals surface area contributed by atoms with Crippen molar-refractivity contribution in [2.45, 2.75) is 31.8 Å². The van der Waals surface area contributed by atoms with Crippen LogP contribution in [0.4, 0.5) is 0 Å². The molecule has 0 heterocycles. The van der Waals surface area contributed by atoms with E-state index in [1.165, 1.54) is 19.8 Å². The molecule has 0 aliphatic heterocycles. The first-order valence-electron chi connectivity index (χ1n) is 4.66. The summed E-state index contributed by atoms with van der Waals surface area (Å²) in [6.07, 6.45) is 3.39. The summed E-state index contributed by atoms with van der Waals surface area (Å²) in [6.45, 7) is 1.67. The highest BCUT2D eigenvalue weighted by Crippen LogP contribution is 2.32. The van der Waals surface area contributed by atoms with Crippen molar-refractivity contribution in [2.24, 2.45) is 11.7 Å². The Bertz CT molecular complexity index is 187. The van der Waals surface area contributed by atoms with Crippen molar-refractivity contribution in [3.8, 4) is 0 Å². The van der Waals surface area contributed by atoms with Gasteiger partial charge < -0.3 is 15.6 Å². The summed E-state index contributed by atoms with van der Waals surface area (Å²) in [7, 11) is 0. The van der Waals surface area contributed by atoms with Crippen LogP contribution in [0, 0.1) is 5.92 Å². The largest absolute Gasteiger partial charge is 0.464 e. The monoisotopic (exact) mass is 187 g/mol. The van der Waals surface area contributed by atoms with Gasteiger partial charge >= 0.3 is 5.97 Å². The summed E-state index contributed by atoms with van der Waals surface area (Å²) in [5.74, 6) is 0.117. The third-order valence-corrected chi connectivity index (χ3v) is 2.29. The van der Waals surface area contributed by atoms with E-state index < -0.39 is 11.6 Å². The van der Waals surface area contributed by atoms with Crippen molar-refractivity contribution in [2.75, 3.05) is 13.2 Å². The first-order chi connectivity index (χ1) is 6.06. The molecule has 76 valence electrons. The maximum absolute atomic E-state index is 11.1. The third-order valence-electron chi connectivity index (χ3n) is 2.29. The minimum absolute atomic E-state index is 0.102. The summed E-state index contributed by atoms with van der Waals surface area (Å²) in [6, 6.07) is 0. The number of carbonyl (C=O) groups excluding carboxylic acids is 1. The summed E-state index contributed by atoms with van der Waals surface area (Å²) < 4.78 is 4.88. The van der Waals surface area contributed by atoms with E-state index in [0.29, 0.717) is 6.61 Å². The van der Waals surface area contributed by atoms with E-state index in [-0.39, 0.29) is 6.54 Å². The van der Waals surface area contributed by atoms with Gasteiger partial charge in [-0.2, -0.15) is 0 Å². The molecule has 0 aromatic heterocycles. The number of esters is 1. The minimum Gasteiger partial charge on any atom is -0.464 e. The second-order valence-electron chi connectivity index (χ2n) is 3.85. The Morgan fingerprint density at radius 1 is 1.69 bits per heavy atom. The molecule has 1 saturated carbocycles. The molecule has 0 saturated heterocycles.